The molecule has 0 fully saturated rings. The molecule has 0 atom stereocenters. The van der Waals surface area contributed by atoms with Crippen LogP contribution in [0.15, 0.2) is 36.5 Å². The van der Waals surface area contributed by atoms with E-state index in [0.717, 1.165) is 29.0 Å². The Morgan fingerprint density at radius 2 is 2.06 bits per heavy atom. The van der Waals surface area contributed by atoms with Gasteiger partial charge in [-0.25, -0.2) is 0 Å². The average molecular weight is 228 g/mol. The molecule has 0 bridgehead atoms. The van der Waals surface area contributed by atoms with Gasteiger partial charge in [0.2, 0.25) is 0 Å². The van der Waals surface area contributed by atoms with Crippen molar-refractivity contribution in [1.82, 2.24) is 10.2 Å². The van der Waals surface area contributed by atoms with Crippen molar-refractivity contribution < 1.29 is 0 Å². The van der Waals surface area contributed by atoms with Crippen LogP contribution in [0.1, 0.15) is 12.0 Å². The van der Waals surface area contributed by atoms with E-state index in [2.05, 4.69) is 34.7 Å². The van der Waals surface area contributed by atoms with Crippen LogP contribution in [0.4, 0.5) is 0 Å². The van der Waals surface area contributed by atoms with Crippen LogP contribution in [0.2, 0.25) is 0 Å². The normalized spacial score (nSPS) is 9.56. The third kappa shape index (κ3) is 2.47. The number of aromatic amines is 1. The Morgan fingerprint density at radius 1 is 1.25 bits per heavy atom. The minimum atomic E-state index is 0.783. The summed E-state index contributed by atoms with van der Waals surface area (Å²) in [5.74, 6) is 6.94. The standard InChI is InChI=1S/C13H12N2S/c16-9-5-4-8-12-10-14-15-13(12)11-6-2-1-3-7-11/h1-3,6-7,10,16H,5,9H2,(H,14,15). The predicted molar refractivity (Wildman–Crippen MR) is 69.4 cm³/mol. The van der Waals surface area contributed by atoms with Gasteiger partial charge in [-0.3, -0.25) is 5.10 Å². The van der Waals surface area contributed by atoms with Crippen LogP contribution in [0, 0.1) is 11.8 Å². The summed E-state index contributed by atoms with van der Waals surface area (Å²) in [6, 6.07) is 10.1. The van der Waals surface area contributed by atoms with Gasteiger partial charge in [0.25, 0.3) is 0 Å². The Bertz CT molecular complexity index is 505. The summed E-state index contributed by atoms with van der Waals surface area (Å²) in [6.45, 7) is 0. The molecule has 0 aliphatic carbocycles. The zero-order valence-corrected chi connectivity index (χ0v) is 9.67. The van der Waals surface area contributed by atoms with Crippen molar-refractivity contribution in [1.29, 1.82) is 0 Å². The van der Waals surface area contributed by atoms with E-state index in [1.165, 1.54) is 0 Å². The number of hydrogen-bond acceptors (Lipinski definition) is 2. The van der Waals surface area contributed by atoms with E-state index in [1.54, 1.807) is 6.20 Å². The van der Waals surface area contributed by atoms with Crippen molar-refractivity contribution in [2.24, 2.45) is 0 Å². The second kappa shape index (κ2) is 5.43. The third-order valence-electron chi connectivity index (χ3n) is 2.16. The molecular formula is C13H12N2S. The van der Waals surface area contributed by atoms with Crippen molar-refractivity contribution in [3.8, 4) is 23.1 Å². The largest absolute Gasteiger partial charge is 0.277 e. The fourth-order valence-electron chi connectivity index (χ4n) is 1.42. The fourth-order valence-corrected chi connectivity index (χ4v) is 1.53. The summed E-state index contributed by atoms with van der Waals surface area (Å²) >= 11 is 4.12. The molecule has 0 aliphatic rings. The van der Waals surface area contributed by atoms with Crippen LogP contribution >= 0.6 is 12.6 Å². The molecular weight excluding hydrogens is 216 g/mol. The summed E-state index contributed by atoms with van der Waals surface area (Å²) in [4.78, 5) is 0. The number of benzene rings is 1. The van der Waals surface area contributed by atoms with Gasteiger partial charge < -0.3 is 0 Å². The minimum absolute atomic E-state index is 0.783. The molecule has 1 aromatic carbocycles. The van der Waals surface area contributed by atoms with Gasteiger partial charge in [-0.1, -0.05) is 42.2 Å². The van der Waals surface area contributed by atoms with Crippen molar-refractivity contribution >= 4 is 12.6 Å². The molecule has 0 spiro atoms. The first kappa shape index (κ1) is 10.8. The van der Waals surface area contributed by atoms with Gasteiger partial charge in [-0.2, -0.15) is 17.7 Å². The number of rotatable bonds is 2. The summed E-state index contributed by atoms with van der Waals surface area (Å²) in [5.41, 5.74) is 3.02. The van der Waals surface area contributed by atoms with Crippen LogP contribution in [0.25, 0.3) is 11.3 Å². The van der Waals surface area contributed by atoms with Gasteiger partial charge >= 0.3 is 0 Å². The zero-order valence-electron chi connectivity index (χ0n) is 8.77. The average Bonchev–Trinajstić information content (AvgIpc) is 2.79. The van der Waals surface area contributed by atoms with Crippen molar-refractivity contribution in [2.75, 3.05) is 5.75 Å². The number of hydrogen-bond donors (Lipinski definition) is 2. The third-order valence-corrected chi connectivity index (χ3v) is 2.39. The fraction of sp³-hybridized carbons (Fsp3) is 0.154. The van der Waals surface area contributed by atoms with E-state index in [0.29, 0.717) is 0 Å². The maximum atomic E-state index is 4.12. The van der Waals surface area contributed by atoms with E-state index in [9.17, 15) is 0 Å². The lowest BCUT2D eigenvalue weighted by atomic mass is 10.1. The van der Waals surface area contributed by atoms with Gasteiger partial charge in [0.05, 0.1) is 17.5 Å². The van der Waals surface area contributed by atoms with Crippen molar-refractivity contribution in [2.45, 2.75) is 6.42 Å². The molecule has 0 aliphatic heterocycles. The molecule has 1 aromatic heterocycles. The highest BCUT2D eigenvalue weighted by atomic mass is 32.1. The van der Waals surface area contributed by atoms with E-state index in [4.69, 9.17) is 0 Å². The molecule has 0 saturated heterocycles. The molecule has 1 N–H and O–H groups in total. The number of aromatic nitrogens is 2. The van der Waals surface area contributed by atoms with Crippen molar-refractivity contribution in [3.05, 3.63) is 42.1 Å². The quantitative estimate of drug-likeness (QED) is 0.600. The molecule has 2 nitrogen and oxygen atoms in total. The molecule has 0 saturated carbocycles. The second-order valence-electron chi connectivity index (χ2n) is 3.30. The number of nitrogens with zero attached hydrogens (tertiary/aromatic N) is 1. The molecule has 0 amide bonds. The van der Waals surface area contributed by atoms with Gasteiger partial charge in [0.15, 0.2) is 0 Å². The first-order valence-corrected chi connectivity index (χ1v) is 5.73. The smallest absolute Gasteiger partial charge is 0.0806 e. The maximum Gasteiger partial charge on any atom is 0.0806 e. The second-order valence-corrected chi connectivity index (χ2v) is 3.75. The van der Waals surface area contributed by atoms with Crippen LogP contribution in [-0.4, -0.2) is 16.0 Å². The highest BCUT2D eigenvalue weighted by molar-refractivity contribution is 7.80. The summed E-state index contributed by atoms with van der Waals surface area (Å²) in [7, 11) is 0. The van der Waals surface area contributed by atoms with E-state index in [-0.39, 0.29) is 0 Å². The molecule has 2 aromatic rings. The molecule has 16 heavy (non-hydrogen) atoms. The number of thiol groups is 1. The lowest BCUT2D eigenvalue weighted by Crippen LogP contribution is -1.81. The molecule has 1 heterocycles. The zero-order chi connectivity index (χ0) is 11.2. The Morgan fingerprint density at radius 3 is 2.81 bits per heavy atom. The number of nitrogens with one attached hydrogen (secondary N) is 1. The van der Waals surface area contributed by atoms with E-state index >= 15 is 0 Å². The van der Waals surface area contributed by atoms with Crippen LogP contribution < -0.4 is 0 Å². The molecule has 0 radical (unpaired) electrons. The summed E-state index contributed by atoms with van der Waals surface area (Å²) < 4.78 is 0. The minimum Gasteiger partial charge on any atom is -0.277 e. The highest BCUT2D eigenvalue weighted by Gasteiger charge is 2.03. The maximum absolute atomic E-state index is 4.12. The van der Waals surface area contributed by atoms with Crippen LogP contribution in [-0.2, 0) is 0 Å². The Balaban J connectivity index is 2.31. The first-order chi connectivity index (χ1) is 7.92. The van der Waals surface area contributed by atoms with Crippen molar-refractivity contribution in [3.63, 3.8) is 0 Å². The molecule has 2 rings (SSSR count). The first-order valence-electron chi connectivity index (χ1n) is 5.10. The van der Waals surface area contributed by atoms with E-state index < -0.39 is 0 Å². The Kier molecular flexibility index (Phi) is 3.68. The molecule has 80 valence electrons. The van der Waals surface area contributed by atoms with Crippen LogP contribution in [0.3, 0.4) is 0 Å². The SMILES string of the molecule is SCCC#Cc1cn[nH]c1-c1ccccc1. The monoisotopic (exact) mass is 228 g/mol. The van der Waals surface area contributed by atoms with Gasteiger partial charge in [0, 0.05) is 17.7 Å². The van der Waals surface area contributed by atoms with Gasteiger partial charge in [-0.15, -0.1) is 0 Å². The predicted octanol–water partition coefficient (Wildman–Crippen LogP) is 2.75. The van der Waals surface area contributed by atoms with Crippen LogP contribution in [0.5, 0.6) is 0 Å². The lowest BCUT2D eigenvalue weighted by molar-refractivity contribution is 1.10. The lowest BCUT2D eigenvalue weighted by Gasteiger charge is -1.96. The Hall–Kier alpha value is -1.66. The van der Waals surface area contributed by atoms with Gasteiger partial charge in [-0.05, 0) is 0 Å². The summed E-state index contributed by atoms with van der Waals surface area (Å²) in [5, 5.41) is 7.01. The highest BCUT2D eigenvalue weighted by Crippen LogP contribution is 2.19. The topological polar surface area (TPSA) is 28.7 Å². The molecule has 0 unspecified atom stereocenters. The summed E-state index contributed by atoms with van der Waals surface area (Å²) in [6.07, 6.45) is 2.55. The van der Waals surface area contributed by atoms with Gasteiger partial charge in [0.1, 0.15) is 0 Å². The Labute approximate surface area is 100 Å². The molecule has 3 heteroatoms. The van der Waals surface area contributed by atoms with E-state index in [1.807, 2.05) is 30.3 Å². The number of H-pyrrole nitrogens is 1.